The Bertz CT molecular complexity index is 967. The van der Waals surface area contributed by atoms with E-state index in [1.807, 2.05) is 64.9 Å². The van der Waals surface area contributed by atoms with Gasteiger partial charge < -0.3 is 20.7 Å². The van der Waals surface area contributed by atoms with Crippen molar-refractivity contribution in [3.63, 3.8) is 0 Å². The summed E-state index contributed by atoms with van der Waals surface area (Å²) in [5.74, 6) is 0.827. The molecule has 0 saturated carbocycles. The SMILES string of the molecule is NC(Cc1ccc(OCc2ccccc2)cc1)c1nc(C(=O)N2CCCNCC2)cs1. The Morgan fingerprint density at radius 3 is 2.71 bits per heavy atom. The first-order valence-corrected chi connectivity index (χ1v) is 11.5. The number of rotatable bonds is 7. The van der Waals surface area contributed by atoms with Crippen LogP contribution >= 0.6 is 11.3 Å². The number of ether oxygens (including phenoxy) is 1. The lowest BCUT2D eigenvalue weighted by Crippen LogP contribution is -2.34. The van der Waals surface area contributed by atoms with Crippen molar-refractivity contribution in [2.24, 2.45) is 5.73 Å². The van der Waals surface area contributed by atoms with Crippen LogP contribution in [0, 0.1) is 0 Å². The van der Waals surface area contributed by atoms with Crippen LogP contribution in [0.4, 0.5) is 0 Å². The molecule has 1 amide bonds. The van der Waals surface area contributed by atoms with Crippen LogP contribution in [-0.2, 0) is 13.0 Å². The number of nitrogens with one attached hydrogen (secondary N) is 1. The molecular formula is C24H28N4O2S. The average molecular weight is 437 g/mol. The van der Waals surface area contributed by atoms with Crippen LogP contribution in [0.5, 0.6) is 5.75 Å². The fourth-order valence-electron chi connectivity index (χ4n) is 3.57. The van der Waals surface area contributed by atoms with E-state index in [1.165, 1.54) is 11.3 Å². The molecule has 1 aliphatic heterocycles. The number of thiazole rings is 1. The molecule has 1 atom stereocenters. The summed E-state index contributed by atoms with van der Waals surface area (Å²) in [4.78, 5) is 19.2. The van der Waals surface area contributed by atoms with Gasteiger partial charge in [0.15, 0.2) is 0 Å². The van der Waals surface area contributed by atoms with Crippen LogP contribution in [-0.4, -0.2) is 42.0 Å². The predicted octanol–water partition coefficient (Wildman–Crippen LogP) is 3.40. The lowest BCUT2D eigenvalue weighted by atomic mass is 10.1. The number of amides is 1. The van der Waals surface area contributed by atoms with Gasteiger partial charge in [-0.3, -0.25) is 4.79 Å². The van der Waals surface area contributed by atoms with Crippen molar-refractivity contribution in [1.29, 1.82) is 0 Å². The zero-order valence-electron chi connectivity index (χ0n) is 17.5. The summed E-state index contributed by atoms with van der Waals surface area (Å²) in [6.07, 6.45) is 1.63. The molecule has 0 bridgehead atoms. The molecule has 1 unspecified atom stereocenters. The van der Waals surface area contributed by atoms with Gasteiger partial charge in [0, 0.05) is 25.0 Å². The maximum Gasteiger partial charge on any atom is 0.273 e. The zero-order valence-corrected chi connectivity index (χ0v) is 18.3. The Morgan fingerprint density at radius 2 is 1.90 bits per heavy atom. The molecule has 7 heteroatoms. The van der Waals surface area contributed by atoms with Gasteiger partial charge in [0.05, 0.1) is 6.04 Å². The molecule has 1 fully saturated rings. The highest BCUT2D eigenvalue weighted by Crippen LogP contribution is 2.23. The highest BCUT2D eigenvalue weighted by Gasteiger charge is 2.21. The minimum atomic E-state index is -0.242. The third-order valence-corrected chi connectivity index (χ3v) is 6.29. The van der Waals surface area contributed by atoms with Gasteiger partial charge in [0.25, 0.3) is 5.91 Å². The number of aromatic nitrogens is 1. The van der Waals surface area contributed by atoms with E-state index in [9.17, 15) is 4.79 Å². The van der Waals surface area contributed by atoms with E-state index >= 15 is 0 Å². The van der Waals surface area contributed by atoms with Crippen molar-refractivity contribution >= 4 is 17.2 Å². The van der Waals surface area contributed by atoms with Crippen LogP contribution in [0.3, 0.4) is 0 Å². The van der Waals surface area contributed by atoms with E-state index < -0.39 is 0 Å². The van der Waals surface area contributed by atoms with E-state index in [4.69, 9.17) is 10.5 Å². The zero-order chi connectivity index (χ0) is 21.5. The molecule has 1 aromatic heterocycles. The molecule has 3 N–H and O–H groups in total. The second kappa shape index (κ2) is 10.5. The first-order chi connectivity index (χ1) is 15.2. The number of nitrogens with two attached hydrogens (primary N) is 1. The molecule has 2 aromatic carbocycles. The maximum atomic E-state index is 12.7. The fourth-order valence-corrected chi connectivity index (χ4v) is 4.37. The quantitative estimate of drug-likeness (QED) is 0.593. The van der Waals surface area contributed by atoms with Gasteiger partial charge in [-0.15, -0.1) is 11.3 Å². The topological polar surface area (TPSA) is 80.5 Å². The normalized spacial score (nSPS) is 15.3. The van der Waals surface area contributed by atoms with Crippen LogP contribution in [0.25, 0.3) is 0 Å². The van der Waals surface area contributed by atoms with Gasteiger partial charge >= 0.3 is 0 Å². The number of hydrogen-bond acceptors (Lipinski definition) is 6. The van der Waals surface area contributed by atoms with Crippen LogP contribution in [0.15, 0.2) is 60.0 Å². The third kappa shape index (κ3) is 5.91. The molecular weight excluding hydrogens is 408 g/mol. The van der Waals surface area contributed by atoms with Crippen LogP contribution in [0.1, 0.15) is 39.1 Å². The van der Waals surface area contributed by atoms with Crippen molar-refractivity contribution < 1.29 is 9.53 Å². The number of benzene rings is 2. The Balaban J connectivity index is 1.32. The summed E-state index contributed by atoms with van der Waals surface area (Å²) in [6, 6.07) is 17.9. The Kier molecular flexibility index (Phi) is 7.30. The molecule has 6 nitrogen and oxygen atoms in total. The molecule has 2 heterocycles. The maximum absolute atomic E-state index is 12.7. The van der Waals surface area contributed by atoms with Crippen molar-refractivity contribution in [2.75, 3.05) is 26.2 Å². The van der Waals surface area contributed by atoms with Crippen LogP contribution < -0.4 is 15.8 Å². The average Bonchev–Trinajstić information content (AvgIpc) is 3.15. The molecule has 4 rings (SSSR count). The minimum absolute atomic E-state index is 0.00156. The summed E-state index contributed by atoms with van der Waals surface area (Å²) < 4.78 is 5.84. The highest BCUT2D eigenvalue weighted by molar-refractivity contribution is 7.09. The molecule has 0 spiro atoms. The van der Waals surface area contributed by atoms with E-state index in [0.717, 1.165) is 54.5 Å². The van der Waals surface area contributed by atoms with Crippen molar-refractivity contribution in [2.45, 2.75) is 25.5 Å². The number of nitrogens with zero attached hydrogens (tertiary/aromatic N) is 2. The van der Waals surface area contributed by atoms with E-state index in [1.54, 1.807) is 0 Å². The van der Waals surface area contributed by atoms with Crippen molar-refractivity contribution in [3.8, 4) is 5.75 Å². The first kappa shape index (κ1) is 21.5. The molecule has 31 heavy (non-hydrogen) atoms. The second-order valence-corrected chi connectivity index (χ2v) is 8.59. The van der Waals surface area contributed by atoms with Crippen molar-refractivity contribution in [1.82, 2.24) is 15.2 Å². The summed E-state index contributed by atoms with van der Waals surface area (Å²) in [7, 11) is 0. The highest BCUT2D eigenvalue weighted by atomic mass is 32.1. The Morgan fingerprint density at radius 1 is 1.10 bits per heavy atom. The number of carbonyl (C=O) groups is 1. The molecule has 3 aromatic rings. The largest absolute Gasteiger partial charge is 0.489 e. The van der Waals surface area contributed by atoms with Gasteiger partial charge in [-0.2, -0.15) is 0 Å². The van der Waals surface area contributed by atoms with Crippen molar-refractivity contribution in [3.05, 3.63) is 81.8 Å². The molecule has 1 aliphatic rings. The predicted molar refractivity (Wildman–Crippen MR) is 123 cm³/mol. The number of hydrogen-bond donors (Lipinski definition) is 2. The first-order valence-electron chi connectivity index (χ1n) is 10.7. The van der Waals surface area contributed by atoms with E-state index in [2.05, 4.69) is 10.3 Å². The summed E-state index contributed by atoms with van der Waals surface area (Å²) in [5, 5.41) is 5.94. The lowest BCUT2D eigenvalue weighted by Gasteiger charge is -2.18. The van der Waals surface area contributed by atoms with Gasteiger partial charge in [-0.1, -0.05) is 42.5 Å². The van der Waals surface area contributed by atoms with Crippen LogP contribution in [0.2, 0.25) is 0 Å². The Labute approximate surface area is 187 Å². The molecule has 0 aliphatic carbocycles. The standard InChI is InChI=1S/C24H28N4O2S/c25-21(23-27-22(17-31-23)24(29)28-13-4-11-26-12-14-28)15-18-7-9-20(10-8-18)30-16-19-5-2-1-3-6-19/h1-3,5-10,17,21,26H,4,11-16,25H2. The minimum Gasteiger partial charge on any atom is -0.489 e. The summed E-state index contributed by atoms with van der Waals surface area (Å²) in [6.45, 7) is 3.81. The molecule has 0 radical (unpaired) electrons. The summed E-state index contributed by atoms with van der Waals surface area (Å²) >= 11 is 1.46. The fraction of sp³-hybridized carbons (Fsp3) is 0.333. The smallest absolute Gasteiger partial charge is 0.273 e. The van der Waals surface area contributed by atoms with E-state index in [-0.39, 0.29) is 11.9 Å². The Hall–Kier alpha value is -2.74. The van der Waals surface area contributed by atoms with Gasteiger partial charge in [0.2, 0.25) is 0 Å². The summed E-state index contributed by atoms with van der Waals surface area (Å²) in [5.41, 5.74) is 9.15. The van der Waals surface area contributed by atoms with Gasteiger partial charge in [-0.25, -0.2) is 4.98 Å². The molecule has 1 saturated heterocycles. The number of carbonyl (C=O) groups excluding carboxylic acids is 1. The van der Waals surface area contributed by atoms with Gasteiger partial charge in [-0.05, 0) is 42.6 Å². The van der Waals surface area contributed by atoms with E-state index in [0.29, 0.717) is 18.7 Å². The monoisotopic (exact) mass is 436 g/mol. The molecule has 162 valence electrons. The van der Waals surface area contributed by atoms with Gasteiger partial charge in [0.1, 0.15) is 23.1 Å². The lowest BCUT2D eigenvalue weighted by molar-refractivity contribution is 0.0761. The second-order valence-electron chi connectivity index (χ2n) is 7.70. The third-order valence-electron chi connectivity index (χ3n) is 5.31.